The molecule has 0 spiro atoms. The Bertz CT molecular complexity index is 968. The number of aromatic nitrogens is 4. The van der Waals surface area contributed by atoms with Gasteiger partial charge in [-0.1, -0.05) is 24.0 Å². The van der Waals surface area contributed by atoms with Crippen molar-refractivity contribution in [3.63, 3.8) is 0 Å². The third-order valence-corrected chi connectivity index (χ3v) is 6.73. The van der Waals surface area contributed by atoms with Gasteiger partial charge in [-0.05, 0) is 16.0 Å². The number of aliphatic carboxylic acids is 2. The Labute approximate surface area is 185 Å². The number of hydrogen-bond acceptors (Lipinski definition) is 9. The highest BCUT2D eigenvalue weighted by Crippen LogP contribution is 2.41. The maximum atomic E-state index is 12.5. The molecular weight excluding hydrogens is 485 g/mol. The van der Waals surface area contributed by atoms with E-state index in [2.05, 4.69) is 33.1 Å². The van der Waals surface area contributed by atoms with Crippen LogP contribution in [0.15, 0.2) is 16.4 Å². The molecule has 1 aromatic heterocycles. The van der Waals surface area contributed by atoms with Gasteiger partial charge >= 0.3 is 18.1 Å². The molecule has 1 amide bonds. The molecule has 0 bridgehead atoms. The summed E-state index contributed by atoms with van der Waals surface area (Å²) in [4.78, 5) is 35.6. The second kappa shape index (κ2) is 8.99. The molecule has 31 heavy (non-hydrogen) atoms. The maximum absolute atomic E-state index is 12.5. The van der Waals surface area contributed by atoms with Gasteiger partial charge in [-0.15, -0.1) is 16.9 Å². The molecule has 0 aromatic carbocycles. The minimum Gasteiger partial charge on any atom is -0.480 e. The number of tetrazole rings is 1. The molecule has 168 valence electrons. The number of nitrogens with zero attached hydrogens (tertiary/aromatic N) is 5. The summed E-state index contributed by atoms with van der Waals surface area (Å²) >= 11 is 6.83. The van der Waals surface area contributed by atoms with Crippen molar-refractivity contribution in [2.24, 2.45) is 0 Å². The highest BCUT2D eigenvalue weighted by atomic mass is 32.2. The highest BCUT2D eigenvalue weighted by Gasteiger charge is 2.54. The van der Waals surface area contributed by atoms with Crippen molar-refractivity contribution in [3.8, 4) is 0 Å². The Hall–Kier alpha value is -2.40. The number of fused-ring (bicyclic) bond motifs is 1. The third kappa shape index (κ3) is 5.27. The van der Waals surface area contributed by atoms with E-state index in [1.54, 1.807) is 0 Å². The first-order valence-electron chi connectivity index (χ1n) is 8.35. The van der Waals surface area contributed by atoms with E-state index in [4.69, 9.17) is 5.11 Å². The van der Waals surface area contributed by atoms with Crippen LogP contribution in [0.1, 0.15) is 6.42 Å². The topological polar surface area (TPSA) is 151 Å². The second-order valence-corrected chi connectivity index (χ2v) is 8.85. The van der Waals surface area contributed by atoms with Gasteiger partial charge in [0, 0.05) is 11.5 Å². The monoisotopic (exact) mass is 498 g/mol. The first-order valence-corrected chi connectivity index (χ1v) is 10.8. The van der Waals surface area contributed by atoms with Crippen molar-refractivity contribution in [2.75, 3.05) is 11.5 Å². The molecule has 3 N–H and O–H groups in total. The fourth-order valence-electron chi connectivity index (χ4n) is 2.88. The number of carboxylic acid groups (broad SMARTS) is 2. The molecule has 17 heteroatoms. The molecule has 2 atom stereocenters. The average Bonchev–Trinajstić information content (AvgIpc) is 3.08. The lowest BCUT2D eigenvalue weighted by atomic mass is 10.0. The number of carbonyl (C=O) groups excluding carboxylic acids is 1. The number of amides is 1. The molecule has 3 heterocycles. The lowest BCUT2D eigenvalue weighted by molar-refractivity contribution is -0.148. The van der Waals surface area contributed by atoms with Gasteiger partial charge in [-0.2, -0.15) is 13.2 Å². The third-order valence-electron chi connectivity index (χ3n) is 4.09. The molecular formula is C14H13F3N6O5S3. The smallest absolute Gasteiger partial charge is 0.395 e. The molecule has 3 rings (SSSR count). The Morgan fingerprint density at radius 1 is 1.35 bits per heavy atom. The zero-order chi connectivity index (χ0) is 22.9. The fraction of sp³-hybridized carbons (Fsp3) is 0.500. The van der Waals surface area contributed by atoms with E-state index < -0.39 is 53.4 Å². The molecule has 0 aliphatic carbocycles. The van der Waals surface area contributed by atoms with Crippen LogP contribution < -0.4 is 5.32 Å². The summed E-state index contributed by atoms with van der Waals surface area (Å²) in [6.45, 7) is -0.479. The lowest BCUT2D eigenvalue weighted by Crippen LogP contribution is -2.70. The van der Waals surface area contributed by atoms with Crippen LogP contribution in [-0.2, 0) is 20.9 Å². The standard InChI is InChI=1S/C14H13F3N6O5S3/c15-14(16,17)1-6(29)18-8-10(26)23-9(12(27)28)5(3-30-11(8)23)4-31-13-19-20-21-22(13)2-7(24)25/h8,11H,1-4H2,(H,18,29)(H,24,25)(H,27,28)/t8?,11-/m1/s1. The zero-order valence-corrected chi connectivity index (χ0v) is 17.6. The first-order chi connectivity index (χ1) is 14.5. The van der Waals surface area contributed by atoms with E-state index in [1.807, 2.05) is 0 Å². The molecule has 2 aliphatic rings. The number of halogens is 3. The van der Waals surface area contributed by atoms with Gasteiger partial charge in [0.2, 0.25) is 5.16 Å². The van der Waals surface area contributed by atoms with Gasteiger partial charge in [0.05, 0.1) is 11.4 Å². The van der Waals surface area contributed by atoms with Crippen molar-refractivity contribution in [2.45, 2.75) is 35.7 Å². The predicted octanol–water partition coefficient (Wildman–Crippen LogP) is 0.342. The maximum Gasteiger partial charge on any atom is 0.395 e. The number of carboxylic acids is 2. The quantitative estimate of drug-likeness (QED) is 0.258. The van der Waals surface area contributed by atoms with Gasteiger partial charge in [0.15, 0.2) is 0 Å². The second-order valence-electron chi connectivity index (χ2n) is 6.31. The van der Waals surface area contributed by atoms with Crippen LogP contribution in [0.3, 0.4) is 0 Å². The number of hydrogen-bond donors (Lipinski definition) is 3. The summed E-state index contributed by atoms with van der Waals surface area (Å²) in [7, 11) is 0. The van der Waals surface area contributed by atoms with E-state index in [-0.39, 0.29) is 22.4 Å². The number of thiocarbonyl (C=S) groups is 1. The van der Waals surface area contributed by atoms with Crippen molar-refractivity contribution >= 4 is 58.6 Å². The molecule has 0 saturated carbocycles. The average molecular weight is 498 g/mol. The Kier molecular flexibility index (Phi) is 6.75. The van der Waals surface area contributed by atoms with Crippen molar-refractivity contribution < 1.29 is 37.8 Å². The summed E-state index contributed by atoms with van der Waals surface area (Å²) in [6.07, 6.45) is -5.90. The van der Waals surface area contributed by atoms with Crippen LogP contribution >= 0.6 is 35.7 Å². The summed E-state index contributed by atoms with van der Waals surface area (Å²) in [6, 6.07) is -1.05. The Balaban J connectivity index is 1.71. The molecule has 2 aliphatic heterocycles. The number of thioether (sulfide) groups is 2. The van der Waals surface area contributed by atoms with Crippen LogP contribution in [0, 0.1) is 0 Å². The summed E-state index contributed by atoms with van der Waals surface area (Å²) < 4.78 is 38.4. The van der Waals surface area contributed by atoms with Gasteiger partial charge in [-0.3, -0.25) is 14.5 Å². The highest BCUT2D eigenvalue weighted by molar-refractivity contribution is 8.01. The van der Waals surface area contributed by atoms with Gasteiger partial charge in [-0.25, -0.2) is 9.48 Å². The van der Waals surface area contributed by atoms with Crippen molar-refractivity contribution in [3.05, 3.63) is 11.3 Å². The summed E-state index contributed by atoms with van der Waals surface area (Å²) in [5.74, 6) is -2.97. The van der Waals surface area contributed by atoms with Gasteiger partial charge in [0.25, 0.3) is 5.91 Å². The first kappa shape index (κ1) is 23.3. The molecule has 1 aromatic rings. The number of carbonyl (C=O) groups is 3. The van der Waals surface area contributed by atoms with E-state index in [1.165, 1.54) is 11.8 Å². The van der Waals surface area contributed by atoms with Crippen LogP contribution in [0.2, 0.25) is 0 Å². The Morgan fingerprint density at radius 3 is 2.68 bits per heavy atom. The minimum absolute atomic E-state index is 0.0652. The lowest BCUT2D eigenvalue weighted by Gasteiger charge is -2.49. The summed E-state index contributed by atoms with van der Waals surface area (Å²) in [5, 5.41) is 30.9. The van der Waals surface area contributed by atoms with Crippen LogP contribution in [0.25, 0.3) is 0 Å². The van der Waals surface area contributed by atoms with E-state index in [9.17, 15) is 32.7 Å². The molecule has 11 nitrogen and oxygen atoms in total. The SMILES string of the molecule is O=C(O)Cn1nnnc1SCC1=C(C(=O)O)N2C(=O)C(NC(=S)CC(F)(F)F)[C@H]2SC1. The van der Waals surface area contributed by atoms with Crippen LogP contribution in [0.4, 0.5) is 13.2 Å². The normalized spacial score (nSPS) is 20.9. The largest absolute Gasteiger partial charge is 0.480 e. The number of nitrogens with one attached hydrogen (secondary N) is 1. The van der Waals surface area contributed by atoms with Crippen molar-refractivity contribution in [1.29, 1.82) is 0 Å². The van der Waals surface area contributed by atoms with Crippen molar-refractivity contribution in [1.82, 2.24) is 30.4 Å². The van der Waals surface area contributed by atoms with Crippen LogP contribution in [-0.4, -0.2) is 87.3 Å². The number of alkyl halides is 3. The molecule has 1 fully saturated rings. The van der Waals surface area contributed by atoms with E-state index in [0.717, 1.165) is 21.3 Å². The molecule has 1 unspecified atom stereocenters. The minimum atomic E-state index is -4.52. The molecule has 0 radical (unpaired) electrons. The number of rotatable bonds is 8. The Morgan fingerprint density at radius 2 is 2.06 bits per heavy atom. The van der Waals surface area contributed by atoms with Gasteiger partial charge < -0.3 is 15.5 Å². The predicted molar refractivity (Wildman–Crippen MR) is 104 cm³/mol. The zero-order valence-electron chi connectivity index (χ0n) is 15.2. The summed E-state index contributed by atoms with van der Waals surface area (Å²) in [5.41, 5.74) is 0.103. The fourth-order valence-corrected chi connectivity index (χ4v) is 5.53. The van der Waals surface area contributed by atoms with E-state index in [0.29, 0.717) is 5.57 Å². The number of β-lactam (4-membered cyclic amide) rings is 1. The molecule has 1 saturated heterocycles. The van der Waals surface area contributed by atoms with Gasteiger partial charge in [0.1, 0.15) is 23.7 Å². The van der Waals surface area contributed by atoms with E-state index >= 15 is 0 Å². The van der Waals surface area contributed by atoms with Crippen LogP contribution in [0.5, 0.6) is 0 Å².